The molecule has 3 aliphatic carbocycles. The fourth-order valence-corrected chi connectivity index (χ4v) is 6.14. The number of hydrogen-bond donors (Lipinski definition) is 1. The maximum Gasteiger partial charge on any atom is 0.228 e. The fourth-order valence-electron chi connectivity index (χ4n) is 4.90. The molecule has 2 saturated carbocycles. The molecule has 122 valence electrons. The van der Waals surface area contributed by atoms with Gasteiger partial charge < -0.3 is 5.32 Å². The van der Waals surface area contributed by atoms with Crippen molar-refractivity contribution in [1.29, 1.82) is 5.26 Å². The molecule has 3 atom stereocenters. The Bertz CT molecular complexity index is 657. The van der Waals surface area contributed by atoms with Gasteiger partial charge in [0, 0.05) is 10.8 Å². The Hall–Kier alpha value is -1.34. The van der Waals surface area contributed by atoms with Gasteiger partial charge in [-0.25, -0.2) is 0 Å². The minimum absolute atomic E-state index is 0.169. The number of thiophene rings is 1. The number of carbonyl (C=O) groups excluding carboxylic acids is 1. The van der Waals surface area contributed by atoms with Gasteiger partial charge in [0.05, 0.1) is 5.56 Å². The molecule has 0 saturated heterocycles. The van der Waals surface area contributed by atoms with Crippen molar-refractivity contribution in [2.45, 2.75) is 64.2 Å². The number of nitrogens with one attached hydrogen (secondary N) is 1. The van der Waals surface area contributed by atoms with Crippen molar-refractivity contribution in [1.82, 2.24) is 0 Å². The van der Waals surface area contributed by atoms with Crippen LogP contribution in [-0.4, -0.2) is 5.91 Å². The number of anilines is 1. The van der Waals surface area contributed by atoms with Crippen LogP contribution in [0, 0.1) is 29.1 Å². The van der Waals surface area contributed by atoms with Gasteiger partial charge >= 0.3 is 0 Å². The molecule has 0 unspecified atom stereocenters. The first-order chi connectivity index (χ1) is 11.3. The summed E-state index contributed by atoms with van der Waals surface area (Å²) < 4.78 is 0. The van der Waals surface area contributed by atoms with Crippen LogP contribution >= 0.6 is 11.3 Å². The van der Waals surface area contributed by atoms with Gasteiger partial charge in [-0.2, -0.15) is 5.26 Å². The number of carbonyl (C=O) groups is 1. The second kappa shape index (κ2) is 6.28. The summed E-state index contributed by atoms with van der Waals surface area (Å²) in [6, 6.07) is 2.38. The van der Waals surface area contributed by atoms with Crippen LogP contribution in [0.3, 0.4) is 0 Å². The average Bonchev–Trinajstić information content (AvgIpc) is 3.22. The summed E-state index contributed by atoms with van der Waals surface area (Å²) in [5.41, 5.74) is 1.98. The predicted molar refractivity (Wildman–Crippen MR) is 92.5 cm³/mol. The van der Waals surface area contributed by atoms with E-state index in [4.69, 9.17) is 0 Å². The third-order valence-electron chi connectivity index (χ3n) is 6.09. The van der Waals surface area contributed by atoms with Crippen LogP contribution in [0.2, 0.25) is 0 Å². The zero-order chi connectivity index (χ0) is 15.8. The molecule has 1 heterocycles. The van der Waals surface area contributed by atoms with E-state index in [1.807, 2.05) is 0 Å². The molecule has 1 amide bonds. The maximum atomic E-state index is 12.7. The van der Waals surface area contributed by atoms with E-state index in [1.165, 1.54) is 49.0 Å². The Kier molecular flexibility index (Phi) is 4.15. The van der Waals surface area contributed by atoms with Crippen LogP contribution in [0.5, 0.6) is 0 Å². The summed E-state index contributed by atoms with van der Waals surface area (Å²) in [4.78, 5) is 14.0. The van der Waals surface area contributed by atoms with E-state index in [0.29, 0.717) is 5.92 Å². The van der Waals surface area contributed by atoms with Crippen molar-refractivity contribution in [2.24, 2.45) is 17.8 Å². The summed E-state index contributed by atoms with van der Waals surface area (Å²) in [5.74, 6) is 1.72. The Morgan fingerprint density at radius 3 is 2.65 bits per heavy atom. The monoisotopic (exact) mass is 328 g/mol. The lowest BCUT2D eigenvalue weighted by Crippen LogP contribution is -2.27. The van der Waals surface area contributed by atoms with Crippen LogP contribution in [-0.2, 0) is 17.6 Å². The van der Waals surface area contributed by atoms with Gasteiger partial charge in [0.25, 0.3) is 0 Å². The molecule has 4 rings (SSSR count). The van der Waals surface area contributed by atoms with E-state index in [0.717, 1.165) is 42.2 Å². The summed E-state index contributed by atoms with van der Waals surface area (Å²) in [6.45, 7) is 0. The number of hydrogen-bond acceptors (Lipinski definition) is 3. The minimum Gasteiger partial charge on any atom is -0.316 e. The Labute approximate surface area is 142 Å². The molecule has 2 fully saturated rings. The number of nitriles is 1. The highest BCUT2D eigenvalue weighted by Gasteiger charge is 2.43. The topological polar surface area (TPSA) is 52.9 Å². The largest absolute Gasteiger partial charge is 0.316 e. The predicted octanol–water partition coefficient (Wildman–Crippen LogP) is 4.65. The molecular weight excluding hydrogens is 304 g/mol. The van der Waals surface area contributed by atoms with Crippen LogP contribution in [0.4, 0.5) is 5.00 Å². The first-order valence-corrected chi connectivity index (χ1v) is 9.93. The number of rotatable bonds is 2. The van der Waals surface area contributed by atoms with Gasteiger partial charge in [-0.3, -0.25) is 4.79 Å². The Morgan fingerprint density at radius 1 is 1.13 bits per heavy atom. The lowest BCUT2D eigenvalue weighted by atomic mass is 9.88. The van der Waals surface area contributed by atoms with Gasteiger partial charge in [0.1, 0.15) is 11.1 Å². The molecule has 1 N–H and O–H groups in total. The van der Waals surface area contributed by atoms with Crippen molar-refractivity contribution >= 4 is 22.2 Å². The van der Waals surface area contributed by atoms with Gasteiger partial charge in [-0.15, -0.1) is 11.3 Å². The molecular formula is C19H24N2OS. The molecule has 0 aromatic carbocycles. The molecule has 4 heteroatoms. The number of nitrogens with zero attached hydrogens (tertiary/aromatic N) is 1. The quantitative estimate of drug-likeness (QED) is 0.859. The average molecular weight is 328 g/mol. The highest BCUT2D eigenvalue weighted by Crippen LogP contribution is 2.49. The van der Waals surface area contributed by atoms with Crippen molar-refractivity contribution < 1.29 is 4.79 Å². The first kappa shape index (κ1) is 15.2. The van der Waals surface area contributed by atoms with E-state index >= 15 is 0 Å². The highest BCUT2D eigenvalue weighted by molar-refractivity contribution is 7.16. The molecule has 0 spiro atoms. The zero-order valence-corrected chi connectivity index (χ0v) is 14.4. The smallest absolute Gasteiger partial charge is 0.228 e. The molecule has 1 aromatic rings. The molecule has 23 heavy (non-hydrogen) atoms. The number of fused-ring (bicyclic) bond motifs is 3. The number of amides is 1. The maximum absolute atomic E-state index is 12.7. The van der Waals surface area contributed by atoms with Crippen LogP contribution < -0.4 is 5.32 Å². The van der Waals surface area contributed by atoms with Gasteiger partial charge in [-0.1, -0.05) is 19.3 Å². The normalized spacial score (nSPS) is 29.4. The summed E-state index contributed by atoms with van der Waals surface area (Å²) >= 11 is 1.66. The van der Waals surface area contributed by atoms with Crippen LogP contribution in [0.1, 0.15) is 67.4 Å². The fraction of sp³-hybridized carbons (Fsp3) is 0.684. The molecule has 0 radical (unpaired) electrons. The van der Waals surface area contributed by atoms with Crippen molar-refractivity contribution in [3.63, 3.8) is 0 Å². The van der Waals surface area contributed by atoms with Crippen LogP contribution in [0.15, 0.2) is 0 Å². The van der Waals surface area contributed by atoms with Gasteiger partial charge in [0.2, 0.25) is 5.91 Å². The Morgan fingerprint density at radius 2 is 1.96 bits per heavy atom. The summed E-state index contributed by atoms with van der Waals surface area (Å²) in [5, 5.41) is 13.6. The van der Waals surface area contributed by atoms with Crippen molar-refractivity contribution in [2.75, 3.05) is 5.32 Å². The van der Waals surface area contributed by atoms with Gasteiger partial charge in [0.15, 0.2) is 0 Å². The van der Waals surface area contributed by atoms with Crippen molar-refractivity contribution in [3.05, 3.63) is 16.0 Å². The van der Waals surface area contributed by atoms with E-state index in [-0.39, 0.29) is 11.8 Å². The van der Waals surface area contributed by atoms with E-state index < -0.39 is 0 Å². The second-order valence-corrected chi connectivity index (χ2v) is 8.61. The molecule has 2 bridgehead atoms. The third kappa shape index (κ3) is 2.80. The SMILES string of the molecule is N#Cc1c(NC(=O)[C@@H]2C[C@H]3CC[C@@H]2C3)sc2c1CCCCCC2. The molecule has 0 aliphatic heterocycles. The lowest BCUT2D eigenvalue weighted by molar-refractivity contribution is -0.121. The highest BCUT2D eigenvalue weighted by atomic mass is 32.1. The minimum atomic E-state index is 0.169. The lowest BCUT2D eigenvalue weighted by Gasteiger charge is -2.20. The van der Waals surface area contributed by atoms with Crippen LogP contribution in [0.25, 0.3) is 0 Å². The third-order valence-corrected chi connectivity index (χ3v) is 7.30. The zero-order valence-electron chi connectivity index (χ0n) is 13.6. The molecule has 3 aliphatic rings. The first-order valence-electron chi connectivity index (χ1n) is 9.11. The summed E-state index contributed by atoms with van der Waals surface area (Å²) in [6.07, 6.45) is 11.8. The summed E-state index contributed by atoms with van der Waals surface area (Å²) in [7, 11) is 0. The standard InChI is InChI=1S/C19H24N2OS/c20-11-16-14-5-3-1-2-4-6-17(14)23-19(16)21-18(22)15-10-12-7-8-13(15)9-12/h12-13,15H,1-10H2,(H,21,22)/t12-,13+,15+/m0/s1. The van der Waals surface area contributed by atoms with E-state index in [9.17, 15) is 10.1 Å². The molecule has 3 nitrogen and oxygen atoms in total. The Balaban J connectivity index is 1.55. The second-order valence-electron chi connectivity index (χ2n) is 7.50. The molecule has 1 aromatic heterocycles. The van der Waals surface area contributed by atoms with Crippen molar-refractivity contribution in [3.8, 4) is 6.07 Å². The van der Waals surface area contributed by atoms with E-state index in [2.05, 4.69) is 11.4 Å². The number of aryl methyl sites for hydroxylation is 1. The van der Waals surface area contributed by atoms with Gasteiger partial charge in [-0.05, 0) is 62.3 Å². The van der Waals surface area contributed by atoms with E-state index in [1.54, 1.807) is 11.3 Å².